The van der Waals surface area contributed by atoms with Crippen LogP contribution in [0.2, 0.25) is 0 Å². The molecule has 8 nitrogen and oxygen atoms in total. The van der Waals surface area contributed by atoms with Gasteiger partial charge in [-0.05, 0) is 64.3 Å². The first-order valence-electron chi connectivity index (χ1n) is 8.52. The van der Waals surface area contributed by atoms with E-state index in [1.807, 2.05) is 26.8 Å². The van der Waals surface area contributed by atoms with Crippen molar-refractivity contribution in [3.8, 4) is 0 Å². The van der Waals surface area contributed by atoms with Gasteiger partial charge in [-0.3, -0.25) is 24.4 Å². The molecule has 8 heteroatoms. The van der Waals surface area contributed by atoms with Crippen molar-refractivity contribution in [2.24, 2.45) is 0 Å². The molecule has 0 spiro atoms. The minimum atomic E-state index is -0.967. The van der Waals surface area contributed by atoms with Gasteiger partial charge >= 0.3 is 11.7 Å². The number of aryl methyl sites for hydroxylation is 4. The topological polar surface area (TPSA) is 104 Å². The van der Waals surface area contributed by atoms with Crippen LogP contribution in [-0.2, 0) is 16.1 Å². The zero-order chi connectivity index (χ0) is 20.5. The summed E-state index contributed by atoms with van der Waals surface area (Å²) in [6.45, 7) is 9.94. The van der Waals surface area contributed by atoms with E-state index in [0.29, 0.717) is 5.56 Å². The number of carbonyl (C=O) groups excluding carboxylic acids is 2. The monoisotopic (exact) mass is 373 g/mol. The Bertz CT molecular complexity index is 930. The summed E-state index contributed by atoms with van der Waals surface area (Å²) in [5, 5.41) is 15.0. The van der Waals surface area contributed by atoms with E-state index in [1.165, 1.54) is 25.5 Å². The molecule has 0 N–H and O–H groups in total. The molecule has 27 heavy (non-hydrogen) atoms. The molecule has 0 radical (unpaired) electrons. The normalized spacial score (nSPS) is 11.9. The Morgan fingerprint density at radius 2 is 1.74 bits per heavy atom. The van der Waals surface area contributed by atoms with Crippen LogP contribution in [0.25, 0.3) is 0 Å². The lowest BCUT2D eigenvalue weighted by Crippen LogP contribution is -2.27. The molecule has 0 saturated heterocycles. The first kappa shape index (κ1) is 20.3. The molecule has 0 saturated carbocycles. The maximum absolute atomic E-state index is 12.6. The van der Waals surface area contributed by atoms with Gasteiger partial charge in [0.15, 0.2) is 6.10 Å². The van der Waals surface area contributed by atoms with Gasteiger partial charge in [-0.2, -0.15) is 5.10 Å². The maximum Gasteiger partial charge on any atom is 0.328 e. The quantitative estimate of drug-likeness (QED) is 0.333. The first-order valence-corrected chi connectivity index (χ1v) is 8.52. The van der Waals surface area contributed by atoms with Crippen LogP contribution in [0.15, 0.2) is 12.1 Å². The molecule has 0 aliphatic carbocycles. The third-order valence-electron chi connectivity index (χ3n) is 4.59. The van der Waals surface area contributed by atoms with Crippen LogP contribution in [0.4, 0.5) is 5.69 Å². The first-order chi connectivity index (χ1) is 12.5. The molecule has 2 aromatic rings. The van der Waals surface area contributed by atoms with Crippen molar-refractivity contribution in [3.05, 3.63) is 55.9 Å². The summed E-state index contributed by atoms with van der Waals surface area (Å²) in [7, 11) is 0. The van der Waals surface area contributed by atoms with Crippen LogP contribution < -0.4 is 0 Å². The summed E-state index contributed by atoms with van der Waals surface area (Å²) in [4.78, 5) is 35.4. The van der Waals surface area contributed by atoms with Gasteiger partial charge in [0.25, 0.3) is 0 Å². The van der Waals surface area contributed by atoms with E-state index in [0.717, 1.165) is 16.7 Å². The fraction of sp³-hybridized carbons (Fsp3) is 0.421. The predicted octanol–water partition coefficient (Wildman–Crippen LogP) is 3.15. The molecule has 0 amide bonds. The van der Waals surface area contributed by atoms with E-state index in [2.05, 4.69) is 5.10 Å². The van der Waals surface area contributed by atoms with Gasteiger partial charge in [-0.1, -0.05) is 6.07 Å². The number of carbonyl (C=O) groups is 2. The highest BCUT2D eigenvalue weighted by molar-refractivity contribution is 6.01. The lowest BCUT2D eigenvalue weighted by Gasteiger charge is -2.15. The number of ether oxygens (including phenoxy) is 1. The number of benzene rings is 1. The number of Topliss-reactive ketones (excluding diaryl/α,β-unsaturated/α-hetero) is 1. The molecule has 1 heterocycles. The molecule has 0 fully saturated rings. The number of aromatic nitrogens is 2. The molecule has 0 aliphatic rings. The van der Waals surface area contributed by atoms with Crippen molar-refractivity contribution < 1.29 is 19.2 Å². The number of ketones is 1. The van der Waals surface area contributed by atoms with Gasteiger partial charge in [0.05, 0.1) is 4.92 Å². The average Bonchev–Trinajstić information content (AvgIpc) is 2.83. The van der Waals surface area contributed by atoms with Crippen molar-refractivity contribution in [1.29, 1.82) is 0 Å². The Balaban J connectivity index is 2.12. The number of hydrogen-bond acceptors (Lipinski definition) is 6. The van der Waals surface area contributed by atoms with Crippen LogP contribution in [0, 0.1) is 44.7 Å². The molecule has 0 unspecified atom stereocenters. The van der Waals surface area contributed by atoms with Crippen molar-refractivity contribution in [3.63, 3.8) is 0 Å². The number of esters is 1. The maximum atomic E-state index is 12.6. The zero-order valence-corrected chi connectivity index (χ0v) is 16.3. The van der Waals surface area contributed by atoms with E-state index >= 15 is 0 Å². The zero-order valence-electron chi connectivity index (χ0n) is 16.3. The van der Waals surface area contributed by atoms with Gasteiger partial charge < -0.3 is 4.74 Å². The van der Waals surface area contributed by atoms with Crippen LogP contribution in [0.3, 0.4) is 0 Å². The molecule has 144 valence electrons. The van der Waals surface area contributed by atoms with Gasteiger partial charge in [0.1, 0.15) is 17.9 Å². The van der Waals surface area contributed by atoms with Gasteiger partial charge in [0.2, 0.25) is 5.78 Å². The Morgan fingerprint density at radius 1 is 1.15 bits per heavy atom. The largest absolute Gasteiger partial charge is 0.453 e. The van der Waals surface area contributed by atoms with Crippen molar-refractivity contribution in [1.82, 2.24) is 9.78 Å². The average molecular weight is 373 g/mol. The summed E-state index contributed by atoms with van der Waals surface area (Å²) >= 11 is 0. The fourth-order valence-corrected chi connectivity index (χ4v) is 2.96. The molecule has 0 bridgehead atoms. The Labute approximate surface area is 157 Å². The second-order valence-electron chi connectivity index (χ2n) is 6.68. The summed E-state index contributed by atoms with van der Waals surface area (Å²) in [5.74, 6) is -0.971. The highest BCUT2D eigenvalue weighted by Crippen LogP contribution is 2.22. The molecular formula is C19H23N3O5. The lowest BCUT2D eigenvalue weighted by molar-refractivity contribution is -0.386. The molecule has 2 rings (SSSR count). The van der Waals surface area contributed by atoms with Crippen LogP contribution in [0.1, 0.15) is 45.4 Å². The van der Waals surface area contributed by atoms with E-state index in [1.54, 1.807) is 6.07 Å². The summed E-state index contributed by atoms with van der Waals surface area (Å²) < 4.78 is 6.46. The Morgan fingerprint density at radius 3 is 2.30 bits per heavy atom. The third-order valence-corrected chi connectivity index (χ3v) is 4.59. The van der Waals surface area contributed by atoms with Crippen molar-refractivity contribution in [2.75, 3.05) is 0 Å². The highest BCUT2D eigenvalue weighted by atomic mass is 16.6. The lowest BCUT2D eigenvalue weighted by atomic mass is 9.96. The standard InChI is InChI=1S/C19H23N3O5/c1-10-7-12(3)16(8-11(10)2)19(24)15(6)27-17(23)9-21-14(5)18(22(25)26)13(4)20-21/h7-8,15H,9H2,1-6H3/t15-/m1/s1. The molecule has 1 aromatic carbocycles. The van der Waals surface area contributed by atoms with Crippen LogP contribution in [-0.4, -0.2) is 32.6 Å². The number of nitrogens with zero attached hydrogens (tertiary/aromatic N) is 3. The molecule has 1 atom stereocenters. The number of rotatable bonds is 6. The minimum absolute atomic E-state index is 0.127. The summed E-state index contributed by atoms with van der Waals surface area (Å²) in [5.41, 5.74) is 3.76. The molecule has 0 aliphatic heterocycles. The molecule has 1 aromatic heterocycles. The Hall–Kier alpha value is -3.03. The smallest absolute Gasteiger partial charge is 0.328 e. The van der Waals surface area contributed by atoms with E-state index in [9.17, 15) is 19.7 Å². The van der Waals surface area contributed by atoms with Crippen molar-refractivity contribution in [2.45, 2.75) is 54.2 Å². The SMILES string of the molecule is Cc1cc(C)c(C(=O)[C@@H](C)OC(=O)Cn2nc(C)c([N+](=O)[O-])c2C)cc1C. The van der Waals surface area contributed by atoms with Crippen LogP contribution >= 0.6 is 0 Å². The second-order valence-corrected chi connectivity index (χ2v) is 6.68. The minimum Gasteiger partial charge on any atom is -0.453 e. The van der Waals surface area contributed by atoms with E-state index < -0.39 is 17.0 Å². The van der Waals surface area contributed by atoms with E-state index in [-0.39, 0.29) is 29.4 Å². The van der Waals surface area contributed by atoms with Gasteiger partial charge in [0, 0.05) is 5.56 Å². The van der Waals surface area contributed by atoms with Gasteiger partial charge in [-0.25, -0.2) is 0 Å². The second kappa shape index (κ2) is 7.69. The van der Waals surface area contributed by atoms with Crippen LogP contribution in [0.5, 0.6) is 0 Å². The third kappa shape index (κ3) is 4.21. The number of hydrogen-bond donors (Lipinski definition) is 0. The summed E-state index contributed by atoms with van der Waals surface area (Å²) in [6.07, 6.45) is -0.967. The molecular weight excluding hydrogens is 350 g/mol. The predicted molar refractivity (Wildman–Crippen MR) is 98.9 cm³/mol. The summed E-state index contributed by atoms with van der Waals surface area (Å²) in [6, 6.07) is 3.72. The number of nitro groups is 1. The fourth-order valence-electron chi connectivity index (χ4n) is 2.96. The van der Waals surface area contributed by atoms with Crippen molar-refractivity contribution >= 4 is 17.4 Å². The highest BCUT2D eigenvalue weighted by Gasteiger charge is 2.25. The van der Waals surface area contributed by atoms with E-state index in [4.69, 9.17) is 4.74 Å². The Kier molecular flexibility index (Phi) is 5.78. The van der Waals surface area contributed by atoms with Gasteiger partial charge in [-0.15, -0.1) is 0 Å².